The largest absolute Gasteiger partial charge is 0.494 e. The Bertz CT molecular complexity index is 1010. The van der Waals surface area contributed by atoms with E-state index in [2.05, 4.69) is 29.3 Å². The highest BCUT2D eigenvalue weighted by atomic mass is 32.1. The van der Waals surface area contributed by atoms with Crippen LogP contribution in [0.1, 0.15) is 0 Å². The molecule has 1 amide bonds. The molecule has 1 aliphatic rings. The first kappa shape index (κ1) is 14.0. The van der Waals surface area contributed by atoms with E-state index in [4.69, 9.17) is 9.47 Å². The molecule has 4 rings (SSSR count). The average molecular weight is 326 g/mol. The number of ether oxygens (including phenoxy) is 2. The fraction of sp³-hybridized carbons (Fsp3) is 0.176. The molecule has 0 spiro atoms. The minimum atomic E-state index is -0.420. The number of hydrogen-bond donors (Lipinski definition) is 0. The lowest BCUT2D eigenvalue weighted by molar-refractivity contribution is -0.119. The SMILES string of the molecule is Cn1c(=NC(=O)C2=COCCO2)sc2ccc3ccccc3c21. The monoisotopic (exact) mass is 326 g/mol. The lowest BCUT2D eigenvalue weighted by atomic mass is 10.1. The number of rotatable bonds is 1. The molecular formula is C17H14N2O3S. The van der Waals surface area contributed by atoms with E-state index in [1.54, 1.807) is 0 Å². The summed E-state index contributed by atoms with van der Waals surface area (Å²) in [6.45, 7) is 0.829. The van der Waals surface area contributed by atoms with Gasteiger partial charge in [0.05, 0.1) is 10.2 Å². The minimum absolute atomic E-state index is 0.151. The van der Waals surface area contributed by atoms with Crippen molar-refractivity contribution in [3.05, 3.63) is 53.2 Å². The fourth-order valence-electron chi connectivity index (χ4n) is 2.65. The van der Waals surface area contributed by atoms with E-state index in [1.165, 1.54) is 17.6 Å². The lowest BCUT2D eigenvalue weighted by Gasteiger charge is -2.12. The van der Waals surface area contributed by atoms with Crippen LogP contribution in [0.5, 0.6) is 0 Å². The number of benzene rings is 2. The highest BCUT2D eigenvalue weighted by Crippen LogP contribution is 2.26. The molecule has 0 bridgehead atoms. The van der Waals surface area contributed by atoms with E-state index < -0.39 is 5.91 Å². The normalized spacial score (nSPS) is 15.3. The van der Waals surface area contributed by atoms with Crippen LogP contribution in [0.15, 0.2) is 53.4 Å². The zero-order valence-corrected chi connectivity index (χ0v) is 13.3. The number of aromatic nitrogens is 1. The van der Waals surface area contributed by atoms with Gasteiger partial charge >= 0.3 is 5.91 Å². The van der Waals surface area contributed by atoms with Gasteiger partial charge in [0.2, 0.25) is 5.76 Å². The van der Waals surface area contributed by atoms with E-state index in [9.17, 15) is 4.79 Å². The van der Waals surface area contributed by atoms with Gasteiger partial charge in [-0.05, 0) is 11.5 Å². The van der Waals surface area contributed by atoms with Gasteiger partial charge in [0.25, 0.3) is 0 Å². The summed E-state index contributed by atoms with van der Waals surface area (Å²) in [7, 11) is 1.92. The van der Waals surface area contributed by atoms with Crippen molar-refractivity contribution >= 4 is 38.2 Å². The van der Waals surface area contributed by atoms with Crippen LogP contribution in [0.25, 0.3) is 21.0 Å². The first-order valence-corrected chi connectivity index (χ1v) is 8.06. The zero-order valence-electron chi connectivity index (χ0n) is 12.5. The number of amides is 1. The van der Waals surface area contributed by atoms with E-state index in [0.29, 0.717) is 18.0 Å². The molecule has 5 nitrogen and oxygen atoms in total. The highest BCUT2D eigenvalue weighted by Gasteiger charge is 2.15. The molecule has 0 aliphatic carbocycles. The number of hydrogen-bond acceptors (Lipinski definition) is 4. The van der Waals surface area contributed by atoms with Crippen LogP contribution in [0.3, 0.4) is 0 Å². The fourth-order valence-corrected chi connectivity index (χ4v) is 3.68. The van der Waals surface area contributed by atoms with Gasteiger partial charge in [0.15, 0.2) is 4.80 Å². The van der Waals surface area contributed by atoms with Crippen LogP contribution in [0.2, 0.25) is 0 Å². The summed E-state index contributed by atoms with van der Waals surface area (Å²) >= 11 is 1.48. The number of nitrogens with zero attached hydrogens (tertiary/aromatic N) is 2. The summed E-state index contributed by atoms with van der Waals surface area (Å²) in [6.07, 6.45) is 1.33. The van der Waals surface area contributed by atoms with Crippen molar-refractivity contribution in [3.8, 4) is 0 Å². The Morgan fingerprint density at radius 3 is 2.91 bits per heavy atom. The Morgan fingerprint density at radius 2 is 2.09 bits per heavy atom. The lowest BCUT2D eigenvalue weighted by Crippen LogP contribution is -2.18. The third kappa shape index (κ3) is 2.41. The quantitative estimate of drug-likeness (QED) is 0.691. The van der Waals surface area contributed by atoms with Crippen LogP contribution in [0.4, 0.5) is 0 Å². The van der Waals surface area contributed by atoms with Crippen molar-refractivity contribution in [2.24, 2.45) is 12.0 Å². The van der Waals surface area contributed by atoms with Crippen LogP contribution in [0, 0.1) is 0 Å². The van der Waals surface area contributed by atoms with Crippen molar-refractivity contribution in [3.63, 3.8) is 0 Å². The van der Waals surface area contributed by atoms with E-state index in [1.807, 2.05) is 23.7 Å². The molecule has 0 N–H and O–H groups in total. The molecule has 0 radical (unpaired) electrons. The predicted molar refractivity (Wildman–Crippen MR) is 88.9 cm³/mol. The summed E-state index contributed by atoms with van der Waals surface area (Å²) in [5, 5.41) is 2.31. The van der Waals surface area contributed by atoms with Gasteiger partial charge in [-0.1, -0.05) is 41.7 Å². The molecule has 2 heterocycles. The van der Waals surface area contributed by atoms with E-state index in [-0.39, 0.29) is 5.76 Å². The summed E-state index contributed by atoms with van der Waals surface area (Å²) < 4.78 is 13.4. The molecule has 2 aromatic carbocycles. The molecule has 3 aromatic rings. The number of thiazole rings is 1. The predicted octanol–water partition coefficient (Wildman–Crippen LogP) is 2.71. The first-order valence-electron chi connectivity index (χ1n) is 7.25. The Labute approximate surface area is 136 Å². The molecule has 0 unspecified atom stereocenters. The molecule has 0 saturated heterocycles. The third-order valence-corrected chi connectivity index (χ3v) is 4.84. The summed E-state index contributed by atoms with van der Waals surface area (Å²) in [5.74, 6) is -0.269. The summed E-state index contributed by atoms with van der Waals surface area (Å²) in [4.78, 5) is 17.0. The van der Waals surface area contributed by atoms with Gasteiger partial charge in [-0.15, -0.1) is 0 Å². The Hall–Kier alpha value is -2.60. The molecule has 1 aromatic heterocycles. The molecule has 116 valence electrons. The minimum Gasteiger partial charge on any atom is -0.494 e. The van der Waals surface area contributed by atoms with E-state index in [0.717, 1.165) is 21.0 Å². The highest BCUT2D eigenvalue weighted by molar-refractivity contribution is 7.16. The van der Waals surface area contributed by atoms with Crippen LogP contribution in [-0.2, 0) is 21.3 Å². The van der Waals surface area contributed by atoms with Crippen LogP contribution in [-0.4, -0.2) is 23.7 Å². The standard InChI is InChI=1S/C17H14N2O3S/c1-19-15-12-5-3-2-4-11(12)6-7-14(15)23-17(19)18-16(20)13-10-21-8-9-22-13/h2-7,10H,8-9H2,1H3. The van der Waals surface area contributed by atoms with Crippen LogP contribution >= 0.6 is 11.3 Å². The molecule has 0 fully saturated rings. The van der Waals surface area contributed by atoms with Gasteiger partial charge in [-0.25, -0.2) is 0 Å². The van der Waals surface area contributed by atoms with Crippen molar-refractivity contribution in [2.75, 3.05) is 13.2 Å². The zero-order chi connectivity index (χ0) is 15.8. The van der Waals surface area contributed by atoms with Gasteiger partial charge in [0.1, 0.15) is 19.5 Å². The second-order valence-corrected chi connectivity index (χ2v) is 6.20. The van der Waals surface area contributed by atoms with Crippen molar-refractivity contribution in [2.45, 2.75) is 0 Å². The van der Waals surface area contributed by atoms with E-state index >= 15 is 0 Å². The maximum atomic E-state index is 12.2. The third-order valence-electron chi connectivity index (χ3n) is 3.74. The van der Waals surface area contributed by atoms with Crippen molar-refractivity contribution in [1.82, 2.24) is 4.57 Å². The van der Waals surface area contributed by atoms with Crippen molar-refractivity contribution < 1.29 is 14.3 Å². The smallest absolute Gasteiger partial charge is 0.317 e. The first-order chi connectivity index (χ1) is 11.2. The average Bonchev–Trinajstić information content (AvgIpc) is 2.92. The van der Waals surface area contributed by atoms with Crippen LogP contribution < -0.4 is 4.80 Å². The summed E-state index contributed by atoms with van der Waals surface area (Å²) in [5.41, 5.74) is 1.08. The molecule has 0 atom stereocenters. The Morgan fingerprint density at radius 1 is 1.22 bits per heavy atom. The number of carbonyl (C=O) groups is 1. The molecular weight excluding hydrogens is 312 g/mol. The Balaban J connectivity index is 1.89. The topological polar surface area (TPSA) is 52.8 Å². The van der Waals surface area contributed by atoms with Gasteiger partial charge in [-0.2, -0.15) is 4.99 Å². The molecule has 23 heavy (non-hydrogen) atoms. The van der Waals surface area contributed by atoms with Gasteiger partial charge in [0, 0.05) is 12.4 Å². The molecule has 1 aliphatic heterocycles. The summed E-state index contributed by atoms with van der Waals surface area (Å²) in [6, 6.07) is 12.3. The maximum Gasteiger partial charge on any atom is 0.317 e. The maximum absolute atomic E-state index is 12.2. The second-order valence-electron chi connectivity index (χ2n) is 5.20. The Kier molecular flexibility index (Phi) is 3.38. The second kappa shape index (κ2) is 5.55. The number of aryl methyl sites for hydroxylation is 1. The number of carbonyl (C=O) groups excluding carboxylic acids is 1. The molecule has 0 saturated carbocycles. The van der Waals surface area contributed by atoms with Gasteiger partial charge in [-0.3, -0.25) is 4.79 Å². The number of fused-ring (bicyclic) bond motifs is 3. The van der Waals surface area contributed by atoms with Crippen molar-refractivity contribution in [1.29, 1.82) is 0 Å². The molecule has 6 heteroatoms. The van der Waals surface area contributed by atoms with Gasteiger partial charge < -0.3 is 14.0 Å².